The molecule has 0 bridgehead atoms. The Balaban J connectivity index is 1.97. The van der Waals surface area contributed by atoms with Gasteiger partial charge in [0.25, 0.3) is 0 Å². The molecule has 4 nitrogen and oxygen atoms in total. The van der Waals surface area contributed by atoms with Crippen LogP contribution in [-0.2, 0) is 11.3 Å². The molecule has 0 unspecified atom stereocenters. The van der Waals surface area contributed by atoms with Crippen LogP contribution in [0.2, 0.25) is 0 Å². The Morgan fingerprint density at radius 1 is 1.22 bits per heavy atom. The van der Waals surface area contributed by atoms with Gasteiger partial charge in [-0.1, -0.05) is 47.1 Å². The summed E-state index contributed by atoms with van der Waals surface area (Å²) in [6, 6.07) is 15.5. The average Bonchev–Trinajstić information content (AvgIpc) is 2.54. The summed E-state index contributed by atoms with van der Waals surface area (Å²) in [6.45, 7) is 3.91. The quantitative estimate of drug-likeness (QED) is 0.795. The molecule has 5 heteroatoms. The Kier molecular flexibility index (Phi) is 6.62. The zero-order valence-corrected chi connectivity index (χ0v) is 15.0. The molecule has 0 aliphatic carbocycles. The van der Waals surface area contributed by atoms with Gasteiger partial charge in [0.2, 0.25) is 5.91 Å². The number of nitrogens with one attached hydrogen (secondary N) is 1. The van der Waals surface area contributed by atoms with Gasteiger partial charge < -0.3 is 10.1 Å². The highest BCUT2D eigenvalue weighted by atomic mass is 79.9. The van der Waals surface area contributed by atoms with Gasteiger partial charge in [0.1, 0.15) is 5.75 Å². The van der Waals surface area contributed by atoms with E-state index in [9.17, 15) is 4.79 Å². The second kappa shape index (κ2) is 8.70. The van der Waals surface area contributed by atoms with E-state index in [0.717, 1.165) is 17.6 Å². The van der Waals surface area contributed by atoms with Gasteiger partial charge in [0, 0.05) is 11.0 Å². The predicted octanol–water partition coefficient (Wildman–Crippen LogP) is 3.92. The van der Waals surface area contributed by atoms with Crippen molar-refractivity contribution in [1.82, 2.24) is 4.90 Å². The Labute approximate surface area is 145 Å². The number of carbonyl (C=O) groups is 1. The Hall–Kier alpha value is -1.85. The van der Waals surface area contributed by atoms with Crippen LogP contribution in [0.5, 0.6) is 5.75 Å². The molecule has 0 saturated heterocycles. The maximum Gasteiger partial charge on any atom is 0.238 e. The molecule has 0 heterocycles. The van der Waals surface area contributed by atoms with E-state index in [2.05, 4.69) is 38.3 Å². The molecule has 122 valence electrons. The highest BCUT2D eigenvalue weighted by Gasteiger charge is 2.12. The van der Waals surface area contributed by atoms with Crippen molar-refractivity contribution in [2.75, 3.05) is 25.5 Å². The summed E-state index contributed by atoms with van der Waals surface area (Å²) < 4.78 is 6.30. The first kappa shape index (κ1) is 17.5. The van der Waals surface area contributed by atoms with Crippen LogP contribution in [0.3, 0.4) is 0 Å². The van der Waals surface area contributed by atoms with Crippen molar-refractivity contribution in [3.8, 4) is 5.75 Å². The van der Waals surface area contributed by atoms with E-state index in [0.29, 0.717) is 18.0 Å². The van der Waals surface area contributed by atoms with Gasteiger partial charge in [0.15, 0.2) is 0 Å². The fourth-order valence-corrected chi connectivity index (χ4v) is 2.76. The molecule has 2 rings (SSSR count). The number of amides is 1. The number of benzene rings is 2. The number of anilines is 1. The topological polar surface area (TPSA) is 41.6 Å². The number of carbonyl (C=O) groups excluding carboxylic acids is 1. The average molecular weight is 377 g/mol. The normalized spacial score (nSPS) is 10.6. The number of likely N-dealkylation sites (N-methyl/N-ethyl adjacent to an activating group) is 1. The molecule has 1 amide bonds. The molecule has 0 aliphatic rings. The summed E-state index contributed by atoms with van der Waals surface area (Å²) in [5.41, 5.74) is 1.87. The van der Waals surface area contributed by atoms with E-state index in [1.54, 1.807) is 7.11 Å². The van der Waals surface area contributed by atoms with Crippen LogP contribution < -0.4 is 10.1 Å². The summed E-state index contributed by atoms with van der Waals surface area (Å²) in [7, 11) is 1.59. The van der Waals surface area contributed by atoms with Crippen molar-refractivity contribution in [2.45, 2.75) is 13.5 Å². The number of rotatable bonds is 7. The lowest BCUT2D eigenvalue weighted by Crippen LogP contribution is -2.32. The highest BCUT2D eigenvalue weighted by molar-refractivity contribution is 9.10. The monoisotopic (exact) mass is 376 g/mol. The first-order chi connectivity index (χ1) is 11.1. The van der Waals surface area contributed by atoms with Crippen LogP contribution in [-0.4, -0.2) is 31.0 Å². The molecule has 0 saturated carbocycles. The minimum Gasteiger partial charge on any atom is -0.495 e. The second-order valence-corrected chi connectivity index (χ2v) is 6.10. The van der Waals surface area contributed by atoms with Crippen LogP contribution in [0.25, 0.3) is 0 Å². The lowest BCUT2D eigenvalue weighted by Gasteiger charge is -2.20. The maximum atomic E-state index is 12.3. The van der Waals surface area contributed by atoms with Gasteiger partial charge in [-0.2, -0.15) is 0 Å². The molecule has 0 fully saturated rings. The zero-order valence-electron chi connectivity index (χ0n) is 13.4. The smallest absolute Gasteiger partial charge is 0.238 e. The maximum absolute atomic E-state index is 12.3. The molecule has 0 aromatic heterocycles. The third-order valence-electron chi connectivity index (χ3n) is 3.49. The lowest BCUT2D eigenvalue weighted by atomic mass is 10.2. The van der Waals surface area contributed by atoms with E-state index in [4.69, 9.17) is 4.74 Å². The number of nitrogens with zero attached hydrogens (tertiary/aromatic N) is 1. The lowest BCUT2D eigenvalue weighted by molar-refractivity contribution is -0.117. The summed E-state index contributed by atoms with van der Waals surface area (Å²) in [6.07, 6.45) is 0. The summed E-state index contributed by atoms with van der Waals surface area (Å²) in [5, 5.41) is 2.91. The molecule has 23 heavy (non-hydrogen) atoms. The molecular weight excluding hydrogens is 356 g/mol. The summed E-state index contributed by atoms with van der Waals surface area (Å²) >= 11 is 3.47. The van der Waals surface area contributed by atoms with Crippen LogP contribution in [0.4, 0.5) is 5.69 Å². The number of hydrogen-bond donors (Lipinski definition) is 1. The Morgan fingerprint density at radius 3 is 2.70 bits per heavy atom. The van der Waals surface area contributed by atoms with Crippen molar-refractivity contribution in [3.63, 3.8) is 0 Å². The fourth-order valence-electron chi connectivity index (χ4n) is 2.31. The Morgan fingerprint density at radius 2 is 2.00 bits per heavy atom. The first-order valence-corrected chi connectivity index (χ1v) is 8.31. The van der Waals surface area contributed by atoms with E-state index in [1.165, 1.54) is 5.56 Å². The first-order valence-electron chi connectivity index (χ1n) is 7.52. The molecule has 2 aromatic carbocycles. The summed E-state index contributed by atoms with van der Waals surface area (Å²) in [4.78, 5) is 14.4. The SMILES string of the molecule is CCN(CC(=O)Nc1ccccc1OC)Cc1cccc(Br)c1. The molecule has 0 atom stereocenters. The highest BCUT2D eigenvalue weighted by Crippen LogP contribution is 2.23. The van der Waals surface area contributed by atoms with Gasteiger partial charge in [-0.05, 0) is 36.4 Å². The third-order valence-corrected chi connectivity index (χ3v) is 3.98. The van der Waals surface area contributed by atoms with E-state index >= 15 is 0 Å². The third kappa shape index (κ3) is 5.37. The van der Waals surface area contributed by atoms with Crippen molar-refractivity contribution in [1.29, 1.82) is 0 Å². The largest absolute Gasteiger partial charge is 0.495 e. The number of ether oxygens (including phenoxy) is 1. The number of halogens is 1. The van der Waals surface area contributed by atoms with Crippen molar-refractivity contribution >= 4 is 27.5 Å². The summed E-state index contributed by atoms with van der Waals surface area (Å²) in [5.74, 6) is 0.613. The number of hydrogen-bond acceptors (Lipinski definition) is 3. The van der Waals surface area contributed by atoms with Gasteiger partial charge in [0.05, 0.1) is 19.3 Å². The van der Waals surface area contributed by atoms with Gasteiger partial charge >= 0.3 is 0 Å². The van der Waals surface area contributed by atoms with Crippen molar-refractivity contribution < 1.29 is 9.53 Å². The molecule has 1 N–H and O–H groups in total. The van der Waals surface area contributed by atoms with Crippen LogP contribution in [0, 0.1) is 0 Å². The molecule has 0 spiro atoms. The molecule has 0 radical (unpaired) electrons. The molecule has 0 aliphatic heterocycles. The van der Waals surface area contributed by atoms with E-state index < -0.39 is 0 Å². The van der Waals surface area contributed by atoms with Crippen LogP contribution in [0.1, 0.15) is 12.5 Å². The van der Waals surface area contributed by atoms with E-state index in [1.807, 2.05) is 43.3 Å². The Bertz CT molecular complexity index is 661. The predicted molar refractivity (Wildman–Crippen MR) is 96.7 cm³/mol. The van der Waals surface area contributed by atoms with Gasteiger partial charge in [-0.15, -0.1) is 0 Å². The van der Waals surface area contributed by atoms with Crippen molar-refractivity contribution in [3.05, 3.63) is 58.6 Å². The van der Waals surface area contributed by atoms with Crippen LogP contribution >= 0.6 is 15.9 Å². The van der Waals surface area contributed by atoms with Crippen molar-refractivity contribution in [2.24, 2.45) is 0 Å². The van der Waals surface area contributed by atoms with E-state index in [-0.39, 0.29) is 5.91 Å². The fraction of sp³-hybridized carbons (Fsp3) is 0.278. The van der Waals surface area contributed by atoms with Gasteiger partial charge in [-0.25, -0.2) is 0 Å². The number of para-hydroxylation sites is 2. The minimum atomic E-state index is -0.0497. The second-order valence-electron chi connectivity index (χ2n) is 5.18. The number of methoxy groups -OCH3 is 1. The van der Waals surface area contributed by atoms with Gasteiger partial charge in [-0.3, -0.25) is 9.69 Å². The minimum absolute atomic E-state index is 0.0497. The molecular formula is C18H21BrN2O2. The standard InChI is InChI=1S/C18H21BrN2O2/c1-3-21(12-14-7-6-8-15(19)11-14)13-18(22)20-16-9-4-5-10-17(16)23-2/h4-11H,3,12-13H2,1-2H3,(H,20,22). The van der Waals surface area contributed by atoms with Crippen LogP contribution in [0.15, 0.2) is 53.0 Å². The zero-order chi connectivity index (χ0) is 16.7. The molecule has 2 aromatic rings.